The Morgan fingerprint density at radius 3 is 1.76 bits per heavy atom. The van der Waals surface area contributed by atoms with Crippen LogP contribution in [0.1, 0.15) is 75.8 Å². The maximum absolute atomic E-state index is 5.55. The van der Waals surface area contributed by atoms with Gasteiger partial charge in [0.2, 0.25) is 5.95 Å². The van der Waals surface area contributed by atoms with Crippen molar-refractivity contribution in [1.29, 1.82) is 0 Å². The molecule has 6 saturated carbocycles. The third-order valence-electron chi connectivity index (χ3n) is 11.7. The van der Waals surface area contributed by atoms with Gasteiger partial charge in [0.15, 0.2) is 0 Å². The molecule has 0 radical (unpaired) electrons. The molecule has 0 unspecified atom stereocenters. The van der Waals surface area contributed by atoms with Gasteiger partial charge in [-0.15, -0.1) is 0 Å². The minimum absolute atomic E-state index is 0.638. The Morgan fingerprint density at radius 2 is 1.11 bits per heavy atom. The van der Waals surface area contributed by atoms with Crippen LogP contribution in [0.5, 0.6) is 0 Å². The van der Waals surface area contributed by atoms with Crippen molar-refractivity contribution in [1.82, 2.24) is 9.97 Å². The number of nitrogens with zero attached hydrogens (tertiary/aromatic N) is 3. The van der Waals surface area contributed by atoms with Crippen LogP contribution in [0.25, 0.3) is 22.4 Å². The van der Waals surface area contributed by atoms with Gasteiger partial charge < -0.3 is 4.90 Å². The smallest absolute Gasteiger partial charge is 0.226 e. The van der Waals surface area contributed by atoms with E-state index in [1.165, 1.54) is 86.6 Å². The summed E-state index contributed by atoms with van der Waals surface area (Å²) in [5.74, 6) is 7.25. The first-order chi connectivity index (χ1) is 18.7. The SMILES string of the molecule is c1ccc(-c2cccc(-c3cc(C4C5CC6CC(C5)CC4C6)nc(N4C5CC6CC(C5)CC4C6)n3)c2)cc1. The van der Waals surface area contributed by atoms with Crippen LogP contribution in [0.15, 0.2) is 60.7 Å². The van der Waals surface area contributed by atoms with E-state index in [1.807, 2.05) is 0 Å². The lowest BCUT2D eigenvalue weighted by molar-refractivity contribution is -0.00419. The summed E-state index contributed by atoms with van der Waals surface area (Å²) in [7, 11) is 0. The van der Waals surface area contributed by atoms with Crippen LogP contribution < -0.4 is 4.90 Å². The van der Waals surface area contributed by atoms with Crippen molar-refractivity contribution in [2.24, 2.45) is 35.5 Å². The minimum atomic E-state index is 0.638. The Balaban J connectivity index is 1.16. The van der Waals surface area contributed by atoms with E-state index in [0.29, 0.717) is 18.0 Å². The van der Waals surface area contributed by atoms with Gasteiger partial charge in [-0.25, -0.2) is 9.97 Å². The van der Waals surface area contributed by atoms with Crippen molar-refractivity contribution in [3.8, 4) is 22.4 Å². The van der Waals surface area contributed by atoms with Gasteiger partial charge >= 0.3 is 0 Å². The van der Waals surface area contributed by atoms with Crippen LogP contribution in [0, 0.1) is 35.5 Å². The molecule has 2 saturated heterocycles. The Labute approximate surface area is 227 Å². The topological polar surface area (TPSA) is 29.0 Å². The Kier molecular flexibility index (Phi) is 4.90. The molecule has 11 rings (SSSR count). The van der Waals surface area contributed by atoms with Crippen molar-refractivity contribution in [2.75, 3.05) is 4.90 Å². The summed E-state index contributed by atoms with van der Waals surface area (Å²) >= 11 is 0. The molecule has 0 amide bonds. The highest BCUT2D eigenvalue weighted by Crippen LogP contribution is 2.60. The fourth-order valence-corrected chi connectivity index (χ4v) is 10.6. The van der Waals surface area contributed by atoms with Crippen LogP contribution in [0.2, 0.25) is 0 Å². The lowest BCUT2D eigenvalue weighted by atomic mass is 9.51. The molecule has 0 atom stereocenters. The first-order valence-electron chi connectivity index (χ1n) is 15.6. The second kappa shape index (κ2) is 8.41. The summed E-state index contributed by atoms with van der Waals surface area (Å²) < 4.78 is 0. The number of aromatic nitrogens is 2. The van der Waals surface area contributed by atoms with Crippen LogP contribution in [0.4, 0.5) is 5.95 Å². The monoisotopic (exact) mass is 501 g/mol. The van der Waals surface area contributed by atoms with E-state index in [9.17, 15) is 0 Å². The number of rotatable bonds is 4. The summed E-state index contributed by atoms with van der Waals surface area (Å²) in [4.78, 5) is 13.7. The van der Waals surface area contributed by atoms with Gasteiger partial charge in [-0.1, -0.05) is 48.5 Å². The van der Waals surface area contributed by atoms with E-state index in [4.69, 9.17) is 9.97 Å². The number of anilines is 1. The number of hydrogen-bond donors (Lipinski definition) is 0. The van der Waals surface area contributed by atoms with Crippen molar-refractivity contribution in [2.45, 2.75) is 82.2 Å². The van der Waals surface area contributed by atoms with Crippen molar-refractivity contribution in [3.05, 3.63) is 66.4 Å². The Hall–Kier alpha value is -2.68. The highest BCUT2D eigenvalue weighted by atomic mass is 15.3. The zero-order chi connectivity index (χ0) is 24.8. The minimum Gasteiger partial charge on any atom is -0.335 e. The van der Waals surface area contributed by atoms with E-state index in [0.717, 1.165) is 47.1 Å². The molecule has 194 valence electrons. The molecule has 3 nitrogen and oxygen atoms in total. The predicted molar refractivity (Wildman–Crippen MR) is 153 cm³/mol. The van der Waals surface area contributed by atoms with Crippen LogP contribution >= 0.6 is 0 Å². The summed E-state index contributed by atoms with van der Waals surface area (Å²) in [5, 5.41) is 0. The lowest BCUT2D eigenvalue weighted by Gasteiger charge is -2.57. The fraction of sp³-hybridized carbons (Fsp3) is 0.543. The van der Waals surface area contributed by atoms with Gasteiger partial charge in [-0.3, -0.25) is 0 Å². The molecule has 1 aromatic heterocycles. The van der Waals surface area contributed by atoms with Gasteiger partial charge in [0.25, 0.3) is 0 Å². The average Bonchev–Trinajstić information content (AvgIpc) is 2.92. The highest BCUT2D eigenvalue weighted by Gasteiger charge is 2.51. The van der Waals surface area contributed by atoms with Gasteiger partial charge in [-0.2, -0.15) is 0 Å². The zero-order valence-electron chi connectivity index (χ0n) is 22.4. The van der Waals surface area contributed by atoms with E-state index >= 15 is 0 Å². The first-order valence-corrected chi connectivity index (χ1v) is 15.6. The number of hydrogen-bond acceptors (Lipinski definition) is 3. The van der Waals surface area contributed by atoms with Crippen molar-refractivity contribution in [3.63, 3.8) is 0 Å². The van der Waals surface area contributed by atoms with Gasteiger partial charge in [-0.05, 0) is 123 Å². The third-order valence-corrected chi connectivity index (χ3v) is 11.7. The van der Waals surface area contributed by atoms with E-state index in [1.54, 1.807) is 0 Å². The first kappa shape index (κ1) is 22.2. The third kappa shape index (κ3) is 3.53. The quantitative estimate of drug-likeness (QED) is 0.361. The number of benzene rings is 2. The molecular formula is C35H39N3. The molecule has 3 aromatic rings. The van der Waals surface area contributed by atoms with Crippen LogP contribution in [0.3, 0.4) is 0 Å². The molecule has 8 fully saturated rings. The summed E-state index contributed by atoms with van der Waals surface area (Å²) in [6.45, 7) is 0. The highest BCUT2D eigenvalue weighted by molar-refractivity contribution is 5.72. The molecule has 0 spiro atoms. The molecule has 6 aliphatic carbocycles. The lowest BCUT2D eigenvalue weighted by Crippen LogP contribution is -2.58. The summed E-state index contributed by atoms with van der Waals surface area (Å²) in [6, 6.07) is 23.6. The molecule has 0 N–H and O–H groups in total. The average molecular weight is 502 g/mol. The predicted octanol–water partition coefficient (Wildman–Crippen LogP) is 8.12. The molecule has 3 heterocycles. The largest absolute Gasteiger partial charge is 0.335 e. The van der Waals surface area contributed by atoms with Crippen LogP contribution in [-0.4, -0.2) is 22.1 Å². The molecular weight excluding hydrogens is 462 g/mol. The Bertz CT molecular complexity index is 1250. The van der Waals surface area contributed by atoms with E-state index in [2.05, 4.69) is 65.6 Å². The molecule has 38 heavy (non-hydrogen) atoms. The Morgan fingerprint density at radius 1 is 0.526 bits per heavy atom. The maximum Gasteiger partial charge on any atom is 0.226 e. The summed E-state index contributed by atoms with van der Waals surface area (Å²) in [6.07, 6.45) is 14.2. The van der Waals surface area contributed by atoms with Gasteiger partial charge in [0, 0.05) is 23.6 Å². The van der Waals surface area contributed by atoms with Crippen LogP contribution in [-0.2, 0) is 0 Å². The van der Waals surface area contributed by atoms with Gasteiger partial charge in [0.1, 0.15) is 0 Å². The molecule has 2 aliphatic heterocycles. The van der Waals surface area contributed by atoms with E-state index < -0.39 is 0 Å². The van der Waals surface area contributed by atoms with Gasteiger partial charge in [0.05, 0.1) is 11.4 Å². The fourth-order valence-electron chi connectivity index (χ4n) is 10.6. The maximum atomic E-state index is 5.55. The van der Waals surface area contributed by atoms with E-state index in [-0.39, 0.29) is 0 Å². The molecule has 8 aliphatic rings. The standard InChI is InChI=1S/C35H39N3/c1-2-5-25(6-3-1)26-7-4-8-27(19-26)32-20-33(34-28-11-21-9-22(13-28)14-29(34)12-21)37-35(36-32)38-30-15-23-10-24(17-30)18-31(38)16-23/h1-8,19-24,28-31,34H,9-18H2. The normalized spacial score (nSPS) is 38.2. The second-order valence-corrected chi connectivity index (χ2v) is 14.0. The molecule has 2 aromatic carbocycles. The molecule has 8 bridgehead atoms. The van der Waals surface area contributed by atoms with Crippen molar-refractivity contribution >= 4 is 5.95 Å². The van der Waals surface area contributed by atoms with Crippen molar-refractivity contribution < 1.29 is 0 Å². The second-order valence-electron chi connectivity index (χ2n) is 14.0. The molecule has 3 heteroatoms. The summed E-state index contributed by atoms with van der Waals surface area (Å²) in [5.41, 5.74) is 6.30. The zero-order valence-corrected chi connectivity index (χ0v) is 22.4. The number of piperidine rings is 2.